The van der Waals surface area contributed by atoms with Crippen molar-refractivity contribution in [3.8, 4) is 0 Å². The average molecular weight is 145 g/mol. The van der Waals surface area contributed by atoms with Gasteiger partial charge in [-0.05, 0) is 25.0 Å². The zero-order chi connectivity index (χ0) is 6.69. The van der Waals surface area contributed by atoms with Crippen molar-refractivity contribution in [1.29, 1.82) is 0 Å². The predicted octanol–water partition coefficient (Wildman–Crippen LogP) is 2.37. The molecule has 1 nitrogen and oxygen atoms in total. The second-order valence-electron chi connectivity index (χ2n) is 1.94. The Morgan fingerprint density at radius 1 is 1.67 bits per heavy atom. The van der Waals surface area contributed by atoms with Crippen LogP contribution in [0.25, 0.3) is 0 Å². The van der Waals surface area contributed by atoms with Crippen LogP contribution < -0.4 is 0 Å². The first-order valence-corrected chi connectivity index (χ1v) is 3.47. The van der Waals surface area contributed by atoms with Gasteiger partial charge in [-0.15, -0.1) is 11.6 Å². The van der Waals surface area contributed by atoms with Crippen LogP contribution in [0.1, 0.15) is 11.3 Å². The Labute approximate surface area is 59.6 Å². The first kappa shape index (κ1) is 6.69. The highest BCUT2D eigenvalue weighted by molar-refractivity contribution is 6.17. The van der Waals surface area contributed by atoms with E-state index in [1.165, 1.54) is 5.56 Å². The van der Waals surface area contributed by atoms with Gasteiger partial charge in [0.05, 0.1) is 6.26 Å². The van der Waals surface area contributed by atoms with Crippen LogP contribution >= 0.6 is 11.6 Å². The van der Waals surface area contributed by atoms with Crippen LogP contribution in [-0.4, -0.2) is 5.88 Å². The van der Waals surface area contributed by atoms with Crippen molar-refractivity contribution in [1.82, 2.24) is 0 Å². The molecule has 0 aliphatic carbocycles. The number of furan rings is 1. The zero-order valence-electron chi connectivity index (χ0n) is 5.36. The first-order chi connectivity index (χ1) is 4.34. The van der Waals surface area contributed by atoms with Crippen LogP contribution in [0.4, 0.5) is 0 Å². The number of alkyl halides is 1. The van der Waals surface area contributed by atoms with Crippen LogP contribution in [0.5, 0.6) is 0 Å². The van der Waals surface area contributed by atoms with E-state index in [0.29, 0.717) is 5.88 Å². The third kappa shape index (κ3) is 1.49. The van der Waals surface area contributed by atoms with E-state index in [9.17, 15) is 0 Å². The van der Waals surface area contributed by atoms with Gasteiger partial charge < -0.3 is 4.42 Å². The van der Waals surface area contributed by atoms with E-state index in [2.05, 4.69) is 0 Å². The lowest BCUT2D eigenvalue weighted by Gasteiger charge is -1.90. The largest absolute Gasteiger partial charge is 0.469 e. The molecule has 9 heavy (non-hydrogen) atoms. The molecule has 50 valence electrons. The maximum absolute atomic E-state index is 5.52. The standard InChI is InChI=1S/C7H9ClO/c1-6-7(2-4-8)3-5-9-6/h3,5H,2,4H2,1H3. The molecule has 0 N–H and O–H groups in total. The molecule has 2 heteroatoms. The molecule has 0 aliphatic heterocycles. The van der Waals surface area contributed by atoms with Gasteiger partial charge in [0.1, 0.15) is 5.76 Å². The van der Waals surface area contributed by atoms with Gasteiger partial charge in [0.2, 0.25) is 0 Å². The first-order valence-electron chi connectivity index (χ1n) is 2.93. The van der Waals surface area contributed by atoms with Gasteiger partial charge in [-0.1, -0.05) is 0 Å². The normalized spacial score (nSPS) is 10.0. The minimum absolute atomic E-state index is 0.667. The highest BCUT2D eigenvalue weighted by Gasteiger charge is 1.97. The van der Waals surface area contributed by atoms with Crippen molar-refractivity contribution in [3.05, 3.63) is 23.7 Å². The van der Waals surface area contributed by atoms with E-state index in [4.69, 9.17) is 16.0 Å². The van der Waals surface area contributed by atoms with E-state index >= 15 is 0 Å². The molecular formula is C7H9ClO. The van der Waals surface area contributed by atoms with Gasteiger partial charge in [-0.3, -0.25) is 0 Å². The number of rotatable bonds is 2. The maximum Gasteiger partial charge on any atom is 0.103 e. The van der Waals surface area contributed by atoms with Crippen molar-refractivity contribution in [3.63, 3.8) is 0 Å². The van der Waals surface area contributed by atoms with Crippen LogP contribution in [0.3, 0.4) is 0 Å². The fraction of sp³-hybridized carbons (Fsp3) is 0.429. The molecule has 0 fully saturated rings. The molecule has 1 aromatic rings. The minimum atomic E-state index is 0.667. The fourth-order valence-electron chi connectivity index (χ4n) is 0.772. The van der Waals surface area contributed by atoms with Gasteiger partial charge in [0.25, 0.3) is 0 Å². The number of hydrogen-bond donors (Lipinski definition) is 0. The topological polar surface area (TPSA) is 13.1 Å². The summed E-state index contributed by atoms with van der Waals surface area (Å²) in [5.74, 6) is 1.65. The summed E-state index contributed by atoms with van der Waals surface area (Å²) in [7, 11) is 0. The average Bonchev–Trinajstić information content (AvgIpc) is 2.18. The molecule has 0 saturated carbocycles. The third-order valence-corrected chi connectivity index (χ3v) is 1.52. The van der Waals surface area contributed by atoms with Crippen molar-refractivity contribution in [2.75, 3.05) is 5.88 Å². The van der Waals surface area contributed by atoms with Gasteiger partial charge in [0.15, 0.2) is 0 Å². The molecule has 0 spiro atoms. The smallest absolute Gasteiger partial charge is 0.103 e. The lowest BCUT2D eigenvalue weighted by Crippen LogP contribution is -1.83. The molecule has 1 heterocycles. The van der Waals surface area contributed by atoms with Crippen LogP contribution in [-0.2, 0) is 6.42 Å². The lowest BCUT2D eigenvalue weighted by molar-refractivity contribution is 0.530. The Morgan fingerprint density at radius 2 is 2.44 bits per heavy atom. The quantitative estimate of drug-likeness (QED) is 0.581. The molecule has 0 amide bonds. The number of halogens is 1. The summed E-state index contributed by atoms with van der Waals surface area (Å²) < 4.78 is 5.06. The van der Waals surface area contributed by atoms with E-state index in [-0.39, 0.29) is 0 Å². The van der Waals surface area contributed by atoms with Crippen molar-refractivity contribution in [2.45, 2.75) is 13.3 Å². The Bertz CT molecular complexity index is 181. The van der Waals surface area contributed by atoms with E-state index < -0.39 is 0 Å². The summed E-state index contributed by atoms with van der Waals surface area (Å²) in [5, 5.41) is 0. The number of hydrogen-bond acceptors (Lipinski definition) is 1. The minimum Gasteiger partial charge on any atom is -0.469 e. The fourth-order valence-corrected chi connectivity index (χ4v) is 0.976. The molecule has 1 aromatic heterocycles. The summed E-state index contributed by atoms with van der Waals surface area (Å²) in [4.78, 5) is 0. The van der Waals surface area contributed by atoms with E-state index in [0.717, 1.165) is 12.2 Å². The van der Waals surface area contributed by atoms with Gasteiger partial charge in [-0.2, -0.15) is 0 Å². The Hall–Kier alpha value is -0.430. The molecular weight excluding hydrogens is 136 g/mol. The van der Waals surface area contributed by atoms with E-state index in [1.807, 2.05) is 13.0 Å². The Morgan fingerprint density at radius 3 is 2.89 bits per heavy atom. The van der Waals surface area contributed by atoms with E-state index in [1.54, 1.807) is 6.26 Å². The highest BCUT2D eigenvalue weighted by Crippen LogP contribution is 2.09. The molecule has 0 bridgehead atoms. The van der Waals surface area contributed by atoms with Gasteiger partial charge >= 0.3 is 0 Å². The summed E-state index contributed by atoms with van der Waals surface area (Å²) in [6.45, 7) is 1.95. The van der Waals surface area contributed by atoms with Crippen LogP contribution in [0, 0.1) is 6.92 Å². The number of aryl methyl sites for hydroxylation is 2. The highest BCUT2D eigenvalue weighted by atomic mass is 35.5. The van der Waals surface area contributed by atoms with Gasteiger partial charge in [-0.25, -0.2) is 0 Å². The second kappa shape index (κ2) is 2.92. The summed E-state index contributed by atoms with van der Waals surface area (Å²) >= 11 is 5.52. The molecule has 0 aliphatic rings. The zero-order valence-corrected chi connectivity index (χ0v) is 6.11. The van der Waals surface area contributed by atoms with Crippen molar-refractivity contribution in [2.24, 2.45) is 0 Å². The third-order valence-electron chi connectivity index (χ3n) is 1.33. The van der Waals surface area contributed by atoms with Crippen molar-refractivity contribution < 1.29 is 4.42 Å². The predicted molar refractivity (Wildman–Crippen MR) is 37.9 cm³/mol. The Kier molecular flexibility index (Phi) is 2.17. The maximum atomic E-state index is 5.52. The monoisotopic (exact) mass is 144 g/mol. The van der Waals surface area contributed by atoms with Crippen LogP contribution in [0.15, 0.2) is 16.7 Å². The second-order valence-corrected chi connectivity index (χ2v) is 2.32. The summed E-state index contributed by atoms with van der Waals surface area (Å²) in [5.41, 5.74) is 1.21. The molecule has 0 saturated heterocycles. The lowest BCUT2D eigenvalue weighted by atomic mass is 10.2. The summed E-state index contributed by atoms with van der Waals surface area (Å²) in [6.07, 6.45) is 2.60. The SMILES string of the molecule is Cc1occc1CCCl. The molecule has 0 unspecified atom stereocenters. The molecule has 0 atom stereocenters. The van der Waals surface area contributed by atoms with Gasteiger partial charge in [0, 0.05) is 5.88 Å². The molecule has 1 rings (SSSR count). The Balaban J connectivity index is 2.69. The molecule has 0 radical (unpaired) electrons. The summed E-state index contributed by atoms with van der Waals surface area (Å²) in [6, 6.07) is 1.96. The van der Waals surface area contributed by atoms with Crippen LogP contribution in [0.2, 0.25) is 0 Å². The molecule has 0 aromatic carbocycles. The van der Waals surface area contributed by atoms with Crippen molar-refractivity contribution >= 4 is 11.6 Å².